The highest BCUT2D eigenvalue weighted by molar-refractivity contribution is 5.85. The average molecular weight is 212 g/mol. The Balaban J connectivity index is 0.000000980. The molecule has 2 rings (SSSR count). The molecule has 2 heteroatoms. The number of aryl methyl sites for hydroxylation is 2. The van der Waals surface area contributed by atoms with Crippen molar-refractivity contribution in [3.63, 3.8) is 0 Å². The molecule has 0 heterocycles. The number of rotatable bonds is 2. The summed E-state index contributed by atoms with van der Waals surface area (Å²) < 4.78 is 0. The fourth-order valence-electron chi connectivity index (χ4n) is 1.91. The van der Waals surface area contributed by atoms with Gasteiger partial charge >= 0.3 is 0 Å². The molecule has 2 N–H and O–H groups in total. The number of nitrogens with two attached hydrogens (primary N) is 1. The van der Waals surface area contributed by atoms with Crippen LogP contribution in [0.4, 0.5) is 0 Å². The average Bonchev–Trinajstić information content (AvgIpc) is 2.85. The van der Waals surface area contributed by atoms with Crippen molar-refractivity contribution in [1.29, 1.82) is 0 Å². The summed E-state index contributed by atoms with van der Waals surface area (Å²) in [5.74, 6) is 0.751. The third-order valence-electron chi connectivity index (χ3n) is 2.91. The molecule has 1 aromatic carbocycles. The Bertz CT molecular complexity index is 318. The van der Waals surface area contributed by atoms with Crippen molar-refractivity contribution in [3.8, 4) is 0 Å². The summed E-state index contributed by atoms with van der Waals surface area (Å²) in [6.45, 7) is 4.28. The van der Waals surface area contributed by atoms with E-state index in [0.717, 1.165) is 5.92 Å². The second-order valence-electron chi connectivity index (χ2n) is 4.22. The minimum atomic E-state index is 0. The normalized spacial score (nSPS) is 17.4. The topological polar surface area (TPSA) is 26.0 Å². The van der Waals surface area contributed by atoms with E-state index in [9.17, 15) is 0 Å². The van der Waals surface area contributed by atoms with Gasteiger partial charge in [0, 0.05) is 6.04 Å². The Labute approximate surface area is 92.1 Å². The van der Waals surface area contributed by atoms with E-state index in [1.165, 1.54) is 29.5 Å². The zero-order chi connectivity index (χ0) is 9.42. The summed E-state index contributed by atoms with van der Waals surface area (Å²) in [6.07, 6.45) is 2.63. The summed E-state index contributed by atoms with van der Waals surface area (Å²) in [4.78, 5) is 0. The fourth-order valence-corrected chi connectivity index (χ4v) is 1.91. The smallest absolute Gasteiger partial charge is 0.0326 e. The van der Waals surface area contributed by atoms with E-state index in [1.807, 2.05) is 0 Å². The molecule has 1 aliphatic carbocycles. The molecular formula is C12H18ClN. The SMILES string of the molecule is Cc1ccc([C@H](N)C2CC2)c(C)c1.Cl. The van der Waals surface area contributed by atoms with Gasteiger partial charge in [-0.05, 0) is 43.7 Å². The van der Waals surface area contributed by atoms with E-state index in [2.05, 4.69) is 32.0 Å². The maximum Gasteiger partial charge on any atom is 0.0326 e. The Kier molecular flexibility index (Phi) is 3.57. The van der Waals surface area contributed by atoms with Crippen molar-refractivity contribution < 1.29 is 0 Å². The lowest BCUT2D eigenvalue weighted by Gasteiger charge is -2.14. The number of hydrogen-bond donors (Lipinski definition) is 1. The maximum absolute atomic E-state index is 6.15. The van der Waals surface area contributed by atoms with Crippen LogP contribution in [0.25, 0.3) is 0 Å². The molecular weight excluding hydrogens is 194 g/mol. The van der Waals surface area contributed by atoms with Crippen LogP contribution in [0.1, 0.15) is 35.6 Å². The minimum Gasteiger partial charge on any atom is -0.324 e. The van der Waals surface area contributed by atoms with Crippen molar-refractivity contribution in [1.82, 2.24) is 0 Å². The lowest BCUT2D eigenvalue weighted by molar-refractivity contribution is 0.629. The molecule has 1 atom stereocenters. The molecule has 0 aliphatic heterocycles. The van der Waals surface area contributed by atoms with Gasteiger partial charge in [0.2, 0.25) is 0 Å². The maximum atomic E-state index is 6.15. The first kappa shape index (κ1) is 11.5. The zero-order valence-electron chi connectivity index (χ0n) is 8.79. The summed E-state index contributed by atoms with van der Waals surface area (Å²) in [5.41, 5.74) is 10.2. The van der Waals surface area contributed by atoms with Crippen molar-refractivity contribution in [2.45, 2.75) is 32.7 Å². The van der Waals surface area contributed by atoms with E-state index < -0.39 is 0 Å². The van der Waals surface area contributed by atoms with Crippen LogP contribution in [0.15, 0.2) is 18.2 Å². The summed E-state index contributed by atoms with van der Waals surface area (Å²) >= 11 is 0. The van der Waals surface area contributed by atoms with Gasteiger partial charge in [0.1, 0.15) is 0 Å². The standard InChI is InChI=1S/C12H17N.ClH/c1-8-3-6-11(9(2)7-8)12(13)10-4-5-10;/h3,6-7,10,12H,4-5,13H2,1-2H3;1H/t12-;/m1./s1. The van der Waals surface area contributed by atoms with Gasteiger partial charge in [-0.25, -0.2) is 0 Å². The predicted molar refractivity (Wildman–Crippen MR) is 62.8 cm³/mol. The van der Waals surface area contributed by atoms with E-state index in [1.54, 1.807) is 0 Å². The third-order valence-corrected chi connectivity index (χ3v) is 2.91. The van der Waals surface area contributed by atoms with E-state index in [-0.39, 0.29) is 18.4 Å². The molecule has 0 saturated heterocycles. The molecule has 0 aromatic heterocycles. The third kappa shape index (κ3) is 2.28. The molecule has 0 spiro atoms. The molecule has 1 aromatic rings. The molecule has 1 saturated carbocycles. The van der Waals surface area contributed by atoms with Gasteiger partial charge in [-0.15, -0.1) is 12.4 Å². The molecule has 0 amide bonds. The van der Waals surface area contributed by atoms with Crippen LogP contribution >= 0.6 is 12.4 Å². The van der Waals surface area contributed by atoms with Crippen LogP contribution in [0.5, 0.6) is 0 Å². The number of halogens is 1. The minimum absolute atomic E-state index is 0. The zero-order valence-corrected chi connectivity index (χ0v) is 9.60. The molecule has 1 nitrogen and oxygen atoms in total. The van der Waals surface area contributed by atoms with Crippen molar-refractivity contribution >= 4 is 12.4 Å². The van der Waals surface area contributed by atoms with Crippen LogP contribution in [-0.4, -0.2) is 0 Å². The Morgan fingerprint density at radius 3 is 2.43 bits per heavy atom. The van der Waals surface area contributed by atoms with Gasteiger partial charge in [-0.3, -0.25) is 0 Å². The first-order valence-electron chi connectivity index (χ1n) is 5.01. The van der Waals surface area contributed by atoms with E-state index >= 15 is 0 Å². The van der Waals surface area contributed by atoms with E-state index in [4.69, 9.17) is 5.73 Å². The van der Waals surface area contributed by atoms with Gasteiger partial charge in [-0.1, -0.05) is 23.8 Å². The monoisotopic (exact) mass is 211 g/mol. The highest BCUT2D eigenvalue weighted by Gasteiger charge is 2.29. The second-order valence-corrected chi connectivity index (χ2v) is 4.22. The second kappa shape index (κ2) is 4.33. The van der Waals surface area contributed by atoms with Crippen molar-refractivity contribution in [2.24, 2.45) is 11.7 Å². The highest BCUT2D eigenvalue weighted by atomic mass is 35.5. The Hall–Kier alpha value is -0.530. The van der Waals surface area contributed by atoms with Gasteiger partial charge in [-0.2, -0.15) is 0 Å². The van der Waals surface area contributed by atoms with Crippen molar-refractivity contribution in [3.05, 3.63) is 34.9 Å². The van der Waals surface area contributed by atoms with Gasteiger partial charge in [0.25, 0.3) is 0 Å². The molecule has 0 bridgehead atoms. The largest absolute Gasteiger partial charge is 0.324 e. The summed E-state index contributed by atoms with van der Waals surface area (Å²) in [5, 5.41) is 0. The molecule has 0 radical (unpaired) electrons. The highest BCUT2D eigenvalue weighted by Crippen LogP contribution is 2.40. The first-order valence-corrected chi connectivity index (χ1v) is 5.01. The fraction of sp³-hybridized carbons (Fsp3) is 0.500. The summed E-state index contributed by atoms with van der Waals surface area (Å²) in [6, 6.07) is 6.84. The van der Waals surface area contributed by atoms with E-state index in [0.29, 0.717) is 0 Å². The lowest BCUT2D eigenvalue weighted by Crippen LogP contribution is -2.13. The van der Waals surface area contributed by atoms with Crippen molar-refractivity contribution in [2.75, 3.05) is 0 Å². The Morgan fingerprint density at radius 2 is 1.93 bits per heavy atom. The van der Waals surface area contributed by atoms with Crippen LogP contribution < -0.4 is 5.73 Å². The van der Waals surface area contributed by atoms with Crippen LogP contribution in [-0.2, 0) is 0 Å². The van der Waals surface area contributed by atoms with Gasteiger partial charge in [0.05, 0.1) is 0 Å². The molecule has 0 unspecified atom stereocenters. The summed E-state index contributed by atoms with van der Waals surface area (Å²) in [7, 11) is 0. The first-order chi connectivity index (χ1) is 6.18. The lowest BCUT2D eigenvalue weighted by atomic mass is 9.97. The van der Waals surface area contributed by atoms with Gasteiger partial charge in [0.15, 0.2) is 0 Å². The van der Waals surface area contributed by atoms with Crippen LogP contribution in [0, 0.1) is 19.8 Å². The molecule has 1 aliphatic rings. The van der Waals surface area contributed by atoms with Crippen LogP contribution in [0.3, 0.4) is 0 Å². The van der Waals surface area contributed by atoms with Crippen LogP contribution in [0.2, 0.25) is 0 Å². The molecule has 1 fully saturated rings. The number of benzene rings is 1. The molecule has 78 valence electrons. The molecule has 14 heavy (non-hydrogen) atoms. The quantitative estimate of drug-likeness (QED) is 0.799. The van der Waals surface area contributed by atoms with Gasteiger partial charge < -0.3 is 5.73 Å². The number of hydrogen-bond acceptors (Lipinski definition) is 1. The Morgan fingerprint density at radius 1 is 1.29 bits per heavy atom. The predicted octanol–water partition coefficient (Wildman–Crippen LogP) is 3.14.